The largest absolute Gasteiger partial charge is 0.491 e. The van der Waals surface area contributed by atoms with E-state index < -0.39 is 11.4 Å². The molecule has 1 aromatic carbocycles. The Labute approximate surface area is 224 Å². The minimum atomic E-state index is -0.560. The van der Waals surface area contributed by atoms with Crippen molar-refractivity contribution in [3.8, 4) is 17.1 Å². The van der Waals surface area contributed by atoms with E-state index in [4.69, 9.17) is 21.1 Å². The third-order valence-corrected chi connectivity index (χ3v) is 5.86. The van der Waals surface area contributed by atoms with Gasteiger partial charge < -0.3 is 25.0 Å². The minimum Gasteiger partial charge on any atom is -0.491 e. The number of ether oxygens (including phenoxy) is 2. The van der Waals surface area contributed by atoms with Gasteiger partial charge in [-0.1, -0.05) is 11.6 Å². The van der Waals surface area contributed by atoms with E-state index in [1.165, 1.54) is 43.9 Å². The lowest BCUT2D eigenvalue weighted by atomic mass is 10.0. The number of hydrogen-bond donors (Lipinski definition) is 2. The zero-order valence-electron chi connectivity index (χ0n) is 21.4. The van der Waals surface area contributed by atoms with Crippen LogP contribution >= 0.6 is 11.6 Å². The van der Waals surface area contributed by atoms with E-state index in [0.29, 0.717) is 30.3 Å². The maximum Gasteiger partial charge on any atom is 0.410 e. The highest BCUT2D eigenvalue weighted by molar-refractivity contribution is 6.30. The molecule has 2 aromatic heterocycles. The van der Waals surface area contributed by atoms with Crippen LogP contribution in [0.4, 0.5) is 20.7 Å². The smallest absolute Gasteiger partial charge is 0.410 e. The summed E-state index contributed by atoms with van der Waals surface area (Å²) in [7, 11) is 1.45. The summed E-state index contributed by atoms with van der Waals surface area (Å²) in [6.45, 7) is 6.81. The molecule has 4 rings (SSSR count). The molecule has 12 heteroatoms. The van der Waals surface area contributed by atoms with E-state index in [9.17, 15) is 14.0 Å². The lowest BCUT2D eigenvalue weighted by molar-refractivity contribution is -0.000534. The van der Waals surface area contributed by atoms with E-state index >= 15 is 0 Å². The Bertz CT molecular complexity index is 1340. The fourth-order valence-corrected chi connectivity index (χ4v) is 3.90. The molecule has 3 heterocycles. The topological polar surface area (TPSA) is 119 Å². The standard InChI is InChI=1S/C26H28ClFN6O4/c1-26(2,3)38-25(36)34-13-15(14-34)10-31-24(35)18-11-29-8-7-20(18)32-23-21(37-4)12-30-22(33-23)17-9-16(27)5-6-19(17)28/h5-9,11-12,15H,10,13-14H2,1-4H3,(H,31,35)(H,29,30,32,33). The molecule has 200 valence electrons. The van der Waals surface area contributed by atoms with E-state index in [1.54, 1.807) is 11.0 Å². The fraction of sp³-hybridized carbons (Fsp3) is 0.346. The number of methoxy groups -OCH3 is 1. The van der Waals surface area contributed by atoms with E-state index in [2.05, 4.69) is 25.6 Å². The summed E-state index contributed by atoms with van der Waals surface area (Å²) in [4.78, 5) is 39.4. The molecular formula is C26H28ClFN6O4. The fourth-order valence-electron chi connectivity index (χ4n) is 3.73. The molecule has 0 bridgehead atoms. The molecule has 2 N–H and O–H groups in total. The highest BCUT2D eigenvalue weighted by Crippen LogP contribution is 2.31. The number of hydrogen-bond acceptors (Lipinski definition) is 8. The van der Waals surface area contributed by atoms with Gasteiger partial charge in [0.15, 0.2) is 17.4 Å². The van der Waals surface area contributed by atoms with Gasteiger partial charge in [-0.15, -0.1) is 0 Å². The molecule has 1 aliphatic rings. The SMILES string of the molecule is COc1cnc(-c2cc(Cl)ccc2F)nc1Nc1ccncc1C(=O)NCC1CN(C(=O)OC(C)(C)C)C1. The third-order valence-electron chi connectivity index (χ3n) is 5.62. The van der Waals surface area contributed by atoms with Crippen molar-refractivity contribution in [1.82, 2.24) is 25.2 Å². The van der Waals surface area contributed by atoms with Crippen molar-refractivity contribution < 1.29 is 23.5 Å². The second-order valence-corrected chi connectivity index (χ2v) is 10.2. The van der Waals surface area contributed by atoms with Gasteiger partial charge in [-0.2, -0.15) is 0 Å². The molecule has 38 heavy (non-hydrogen) atoms. The zero-order chi connectivity index (χ0) is 27.4. The number of likely N-dealkylation sites (tertiary alicyclic amines) is 1. The van der Waals surface area contributed by atoms with Crippen LogP contribution in [0.1, 0.15) is 31.1 Å². The molecule has 0 aliphatic carbocycles. The van der Waals surface area contributed by atoms with Crippen LogP contribution in [-0.4, -0.2) is 64.2 Å². The van der Waals surface area contributed by atoms with Gasteiger partial charge in [-0.25, -0.2) is 19.2 Å². The molecule has 0 atom stereocenters. The van der Waals surface area contributed by atoms with Gasteiger partial charge in [0.2, 0.25) is 0 Å². The van der Waals surface area contributed by atoms with Gasteiger partial charge in [0, 0.05) is 43.0 Å². The number of benzene rings is 1. The quantitative estimate of drug-likeness (QED) is 0.442. The van der Waals surface area contributed by atoms with Crippen LogP contribution in [0.3, 0.4) is 0 Å². The summed E-state index contributed by atoms with van der Waals surface area (Å²) in [5.41, 5.74) is 0.245. The van der Waals surface area contributed by atoms with Crippen molar-refractivity contribution >= 4 is 35.1 Å². The van der Waals surface area contributed by atoms with Crippen molar-refractivity contribution in [2.75, 3.05) is 32.1 Å². The number of nitrogens with one attached hydrogen (secondary N) is 2. The van der Waals surface area contributed by atoms with E-state index in [0.717, 1.165) is 0 Å². The number of pyridine rings is 1. The maximum absolute atomic E-state index is 14.4. The number of aromatic nitrogens is 3. The first kappa shape index (κ1) is 27.1. The molecule has 10 nitrogen and oxygen atoms in total. The average molecular weight is 543 g/mol. The predicted molar refractivity (Wildman–Crippen MR) is 140 cm³/mol. The van der Waals surface area contributed by atoms with Gasteiger partial charge in [-0.3, -0.25) is 9.78 Å². The Kier molecular flexibility index (Phi) is 7.96. The van der Waals surface area contributed by atoms with Crippen LogP contribution < -0.4 is 15.4 Å². The zero-order valence-corrected chi connectivity index (χ0v) is 22.2. The summed E-state index contributed by atoms with van der Waals surface area (Å²) in [5.74, 6) is -0.175. The second-order valence-electron chi connectivity index (χ2n) is 9.74. The van der Waals surface area contributed by atoms with Crippen LogP contribution in [0.15, 0.2) is 42.9 Å². The van der Waals surface area contributed by atoms with Crippen molar-refractivity contribution in [1.29, 1.82) is 0 Å². The summed E-state index contributed by atoms with van der Waals surface area (Å²) >= 11 is 6.03. The number of amides is 2. The van der Waals surface area contributed by atoms with Gasteiger partial charge >= 0.3 is 6.09 Å². The van der Waals surface area contributed by atoms with Crippen LogP contribution in [0.25, 0.3) is 11.4 Å². The highest BCUT2D eigenvalue weighted by atomic mass is 35.5. The summed E-state index contributed by atoms with van der Waals surface area (Å²) < 4.78 is 25.1. The van der Waals surface area contributed by atoms with Gasteiger partial charge in [-0.05, 0) is 45.0 Å². The summed E-state index contributed by atoms with van der Waals surface area (Å²) in [6.07, 6.45) is 3.99. The number of nitrogens with zero attached hydrogens (tertiary/aromatic N) is 4. The van der Waals surface area contributed by atoms with Gasteiger partial charge in [0.05, 0.1) is 30.1 Å². The minimum absolute atomic E-state index is 0.0906. The van der Waals surface area contributed by atoms with Crippen LogP contribution in [-0.2, 0) is 4.74 Å². The molecule has 3 aromatic rings. The van der Waals surface area contributed by atoms with Crippen molar-refractivity contribution in [2.24, 2.45) is 5.92 Å². The Morgan fingerprint density at radius 3 is 2.68 bits per heavy atom. The summed E-state index contributed by atoms with van der Waals surface area (Å²) in [6, 6.07) is 5.71. The molecule has 0 unspecified atom stereocenters. The normalized spacial score (nSPS) is 13.5. The van der Waals surface area contributed by atoms with Crippen molar-refractivity contribution in [3.63, 3.8) is 0 Å². The monoisotopic (exact) mass is 542 g/mol. The van der Waals surface area contributed by atoms with Gasteiger partial charge in [0.25, 0.3) is 5.91 Å². The number of carbonyl (C=O) groups is 2. The lowest BCUT2D eigenvalue weighted by Gasteiger charge is -2.39. The van der Waals surface area contributed by atoms with E-state index in [1.807, 2.05) is 20.8 Å². The maximum atomic E-state index is 14.4. The molecule has 1 aliphatic heterocycles. The molecule has 0 radical (unpaired) electrons. The first-order valence-corrected chi connectivity index (χ1v) is 12.3. The Morgan fingerprint density at radius 1 is 1.21 bits per heavy atom. The highest BCUT2D eigenvalue weighted by Gasteiger charge is 2.33. The predicted octanol–water partition coefficient (Wildman–Crippen LogP) is 4.68. The molecule has 1 saturated heterocycles. The van der Waals surface area contributed by atoms with E-state index in [-0.39, 0.29) is 46.4 Å². The molecule has 0 saturated carbocycles. The Hall–Kier alpha value is -3.99. The number of rotatable bonds is 7. The number of carbonyl (C=O) groups excluding carboxylic acids is 2. The molecule has 2 amide bonds. The number of anilines is 2. The van der Waals surface area contributed by atoms with Crippen LogP contribution in [0, 0.1) is 11.7 Å². The molecule has 1 fully saturated rings. The van der Waals surface area contributed by atoms with Crippen molar-refractivity contribution in [3.05, 3.63) is 59.3 Å². The van der Waals surface area contributed by atoms with Crippen LogP contribution in [0.5, 0.6) is 5.75 Å². The molecular weight excluding hydrogens is 515 g/mol. The Morgan fingerprint density at radius 2 is 1.97 bits per heavy atom. The van der Waals surface area contributed by atoms with Crippen molar-refractivity contribution in [2.45, 2.75) is 26.4 Å². The van der Waals surface area contributed by atoms with Crippen LogP contribution in [0.2, 0.25) is 5.02 Å². The average Bonchev–Trinajstić information content (AvgIpc) is 2.83. The number of halogens is 2. The third kappa shape index (κ3) is 6.46. The Balaban J connectivity index is 1.45. The first-order valence-electron chi connectivity index (χ1n) is 11.9. The summed E-state index contributed by atoms with van der Waals surface area (Å²) in [5, 5.41) is 6.30. The lowest BCUT2D eigenvalue weighted by Crippen LogP contribution is -2.54. The molecule has 0 spiro atoms. The second kappa shape index (κ2) is 11.2. The van der Waals surface area contributed by atoms with Gasteiger partial charge in [0.1, 0.15) is 11.4 Å². The first-order chi connectivity index (χ1) is 18.0.